The highest BCUT2D eigenvalue weighted by molar-refractivity contribution is 8.93. The topological polar surface area (TPSA) is 28.2 Å². The molecule has 0 radical (unpaired) electrons. The summed E-state index contributed by atoms with van der Waals surface area (Å²) in [6.45, 7) is 6.41. The van der Waals surface area contributed by atoms with Gasteiger partial charge in [0.05, 0.1) is 5.69 Å². The third kappa shape index (κ3) is 4.36. The number of thiazole rings is 1. The molecule has 126 valence electrons. The zero-order valence-corrected chi connectivity index (χ0v) is 16.4. The first kappa shape index (κ1) is 18.5. The SMILES string of the molecule is Br.CCN(CC)c1ccc(-c2csc(Nc3ccccc3)n2)cc1. The minimum absolute atomic E-state index is 0. The van der Waals surface area contributed by atoms with Gasteiger partial charge in [-0.25, -0.2) is 4.98 Å². The molecule has 0 spiro atoms. The van der Waals surface area contributed by atoms with E-state index in [1.54, 1.807) is 11.3 Å². The van der Waals surface area contributed by atoms with Crippen LogP contribution < -0.4 is 10.2 Å². The number of hydrogen-bond donors (Lipinski definition) is 1. The molecule has 1 heterocycles. The Morgan fingerprint density at radius 2 is 1.62 bits per heavy atom. The fraction of sp³-hybridized carbons (Fsp3) is 0.211. The van der Waals surface area contributed by atoms with Gasteiger partial charge >= 0.3 is 0 Å². The van der Waals surface area contributed by atoms with E-state index in [4.69, 9.17) is 0 Å². The van der Waals surface area contributed by atoms with Crippen molar-refractivity contribution in [3.63, 3.8) is 0 Å². The van der Waals surface area contributed by atoms with Crippen LogP contribution in [0.3, 0.4) is 0 Å². The molecule has 3 rings (SSSR count). The van der Waals surface area contributed by atoms with Crippen molar-refractivity contribution in [3.8, 4) is 11.3 Å². The van der Waals surface area contributed by atoms with Gasteiger partial charge in [0.25, 0.3) is 0 Å². The summed E-state index contributed by atoms with van der Waals surface area (Å²) in [5.41, 5.74) is 4.49. The highest BCUT2D eigenvalue weighted by Crippen LogP contribution is 2.28. The Morgan fingerprint density at radius 1 is 0.958 bits per heavy atom. The number of aromatic nitrogens is 1. The van der Waals surface area contributed by atoms with Crippen molar-refractivity contribution in [1.82, 2.24) is 4.98 Å². The summed E-state index contributed by atoms with van der Waals surface area (Å²) in [6.07, 6.45) is 0. The number of para-hydroxylation sites is 1. The summed E-state index contributed by atoms with van der Waals surface area (Å²) in [5.74, 6) is 0. The van der Waals surface area contributed by atoms with Gasteiger partial charge in [0.15, 0.2) is 5.13 Å². The predicted molar refractivity (Wildman–Crippen MR) is 111 cm³/mol. The average molecular weight is 404 g/mol. The average Bonchev–Trinajstić information content (AvgIpc) is 3.06. The summed E-state index contributed by atoms with van der Waals surface area (Å²) in [4.78, 5) is 7.02. The molecule has 3 nitrogen and oxygen atoms in total. The van der Waals surface area contributed by atoms with Gasteiger partial charge in [0, 0.05) is 35.4 Å². The molecule has 0 aliphatic rings. The van der Waals surface area contributed by atoms with Crippen LogP contribution in [0.4, 0.5) is 16.5 Å². The number of hydrogen-bond acceptors (Lipinski definition) is 4. The van der Waals surface area contributed by atoms with E-state index in [1.807, 2.05) is 30.3 Å². The van der Waals surface area contributed by atoms with Gasteiger partial charge in [-0.05, 0) is 38.1 Å². The molecule has 2 aromatic carbocycles. The van der Waals surface area contributed by atoms with Crippen LogP contribution in [-0.2, 0) is 0 Å². The zero-order valence-electron chi connectivity index (χ0n) is 13.9. The van der Waals surface area contributed by atoms with Gasteiger partial charge in [-0.15, -0.1) is 28.3 Å². The number of benzene rings is 2. The summed E-state index contributed by atoms with van der Waals surface area (Å²) in [6, 6.07) is 18.8. The molecule has 0 amide bonds. The largest absolute Gasteiger partial charge is 0.372 e. The van der Waals surface area contributed by atoms with E-state index in [0.717, 1.165) is 35.2 Å². The minimum Gasteiger partial charge on any atom is -0.372 e. The maximum Gasteiger partial charge on any atom is 0.187 e. The highest BCUT2D eigenvalue weighted by atomic mass is 79.9. The minimum atomic E-state index is 0. The zero-order chi connectivity index (χ0) is 16.1. The van der Waals surface area contributed by atoms with Crippen molar-refractivity contribution >= 4 is 44.8 Å². The number of rotatable bonds is 6. The Bertz CT molecular complexity index is 737. The van der Waals surface area contributed by atoms with Gasteiger partial charge in [0.1, 0.15) is 0 Å². The molecule has 0 atom stereocenters. The van der Waals surface area contributed by atoms with E-state index in [1.165, 1.54) is 5.69 Å². The van der Waals surface area contributed by atoms with Crippen molar-refractivity contribution < 1.29 is 0 Å². The molecule has 24 heavy (non-hydrogen) atoms. The molecule has 1 N–H and O–H groups in total. The Hall–Kier alpha value is -1.85. The Labute approximate surface area is 158 Å². The van der Waals surface area contributed by atoms with E-state index < -0.39 is 0 Å². The third-order valence-electron chi connectivity index (χ3n) is 3.82. The van der Waals surface area contributed by atoms with Crippen LogP contribution in [0.15, 0.2) is 60.0 Å². The molecule has 3 aromatic rings. The lowest BCUT2D eigenvalue weighted by Gasteiger charge is -2.20. The van der Waals surface area contributed by atoms with E-state index in [-0.39, 0.29) is 17.0 Å². The Kier molecular flexibility index (Phi) is 6.82. The van der Waals surface area contributed by atoms with E-state index >= 15 is 0 Å². The summed E-state index contributed by atoms with van der Waals surface area (Å²) in [5, 5.41) is 6.35. The smallest absolute Gasteiger partial charge is 0.187 e. The van der Waals surface area contributed by atoms with Crippen molar-refractivity contribution in [1.29, 1.82) is 0 Å². The number of nitrogens with zero attached hydrogens (tertiary/aromatic N) is 2. The van der Waals surface area contributed by atoms with Crippen LogP contribution in [0.1, 0.15) is 13.8 Å². The molecule has 0 aliphatic heterocycles. The van der Waals surface area contributed by atoms with Gasteiger partial charge in [-0.1, -0.05) is 30.3 Å². The fourth-order valence-electron chi connectivity index (χ4n) is 2.54. The molecule has 0 saturated carbocycles. The van der Waals surface area contributed by atoms with Crippen LogP contribution in [0.2, 0.25) is 0 Å². The van der Waals surface area contributed by atoms with E-state index in [9.17, 15) is 0 Å². The van der Waals surface area contributed by atoms with Gasteiger partial charge in [-0.2, -0.15) is 0 Å². The fourth-order valence-corrected chi connectivity index (χ4v) is 3.28. The number of anilines is 3. The Balaban J connectivity index is 0.00000208. The molecule has 0 bridgehead atoms. The number of nitrogens with one attached hydrogen (secondary N) is 1. The molecule has 0 aliphatic carbocycles. The molecular formula is C19H22BrN3S. The normalized spacial score (nSPS) is 10.1. The lowest BCUT2D eigenvalue weighted by molar-refractivity contribution is 0.866. The van der Waals surface area contributed by atoms with Gasteiger partial charge < -0.3 is 10.2 Å². The third-order valence-corrected chi connectivity index (χ3v) is 4.58. The molecule has 0 unspecified atom stereocenters. The molecule has 0 saturated heterocycles. The van der Waals surface area contributed by atoms with E-state index in [2.05, 4.69) is 58.7 Å². The first-order chi connectivity index (χ1) is 11.3. The van der Waals surface area contributed by atoms with E-state index in [0.29, 0.717) is 0 Å². The molecule has 1 aromatic heterocycles. The van der Waals surface area contributed by atoms with Gasteiger partial charge in [0.2, 0.25) is 0 Å². The standard InChI is InChI=1S/C19H21N3S.BrH/c1-3-22(4-2)17-12-10-15(11-13-17)18-14-23-19(21-18)20-16-8-6-5-7-9-16;/h5-14H,3-4H2,1-2H3,(H,20,21);1H. The second-order valence-corrected chi connectivity index (χ2v) is 6.11. The van der Waals surface area contributed by atoms with Crippen LogP contribution >= 0.6 is 28.3 Å². The lowest BCUT2D eigenvalue weighted by atomic mass is 10.1. The lowest BCUT2D eigenvalue weighted by Crippen LogP contribution is -2.21. The van der Waals surface area contributed by atoms with Gasteiger partial charge in [-0.3, -0.25) is 0 Å². The molecular weight excluding hydrogens is 382 g/mol. The van der Waals surface area contributed by atoms with Crippen molar-refractivity contribution in [2.24, 2.45) is 0 Å². The second-order valence-electron chi connectivity index (χ2n) is 5.25. The van der Waals surface area contributed by atoms with Crippen molar-refractivity contribution in [2.75, 3.05) is 23.3 Å². The molecule has 5 heteroatoms. The number of halogens is 1. The summed E-state index contributed by atoms with van der Waals surface area (Å²) >= 11 is 1.63. The first-order valence-electron chi connectivity index (χ1n) is 7.93. The first-order valence-corrected chi connectivity index (χ1v) is 8.81. The maximum absolute atomic E-state index is 4.68. The summed E-state index contributed by atoms with van der Waals surface area (Å²) in [7, 11) is 0. The predicted octanol–water partition coefficient (Wildman–Crippen LogP) is 5.98. The quantitative estimate of drug-likeness (QED) is 0.548. The maximum atomic E-state index is 4.68. The van der Waals surface area contributed by atoms with Crippen molar-refractivity contribution in [2.45, 2.75) is 13.8 Å². The van der Waals surface area contributed by atoms with Crippen LogP contribution in [0.5, 0.6) is 0 Å². The highest BCUT2D eigenvalue weighted by Gasteiger charge is 2.06. The summed E-state index contributed by atoms with van der Waals surface area (Å²) < 4.78 is 0. The van der Waals surface area contributed by atoms with Crippen molar-refractivity contribution in [3.05, 3.63) is 60.0 Å². The van der Waals surface area contributed by atoms with Crippen LogP contribution in [0, 0.1) is 0 Å². The Morgan fingerprint density at radius 3 is 2.25 bits per heavy atom. The monoisotopic (exact) mass is 403 g/mol. The molecule has 0 fully saturated rings. The van der Waals surface area contributed by atoms with Crippen LogP contribution in [0.25, 0.3) is 11.3 Å². The van der Waals surface area contributed by atoms with Crippen LogP contribution in [-0.4, -0.2) is 18.1 Å². The second kappa shape index (κ2) is 8.85.